The van der Waals surface area contributed by atoms with Crippen LogP contribution in [-0.4, -0.2) is 17.0 Å². The molecule has 18 heavy (non-hydrogen) atoms. The van der Waals surface area contributed by atoms with Crippen molar-refractivity contribution in [1.29, 1.82) is 0 Å². The van der Waals surface area contributed by atoms with Gasteiger partial charge in [0.1, 0.15) is 5.75 Å². The summed E-state index contributed by atoms with van der Waals surface area (Å²) in [6.45, 7) is 1.95. The number of para-hydroxylation sites is 1. The SMILES string of the molecule is Cc1cnc(NC(=O)[C@H]2Cc3ccccc3O2)s1. The van der Waals surface area contributed by atoms with Crippen molar-refractivity contribution >= 4 is 22.4 Å². The van der Waals surface area contributed by atoms with Crippen LogP contribution in [0.3, 0.4) is 0 Å². The van der Waals surface area contributed by atoms with Gasteiger partial charge in [-0.15, -0.1) is 11.3 Å². The first kappa shape index (κ1) is 11.2. The molecule has 1 atom stereocenters. The highest BCUT2D eigenvalue weighted by atomic mass is 32.1. The number of hydrogen-bond acceptors (Lipinski definition) is 4. The maximum atomic E-state index is 12.0. The highest BCUT2D eigenvalue weighted by Crippen LogP contribution is 2.29. The third kappa shape index (κ3) is 2.09. The molecule has 1 aromatic heterocycles. The lowest BCUT2D eigenvalue weighted by atomic mass is 10.1. The van der Waals surface area contributed by atoms with Gasteiger partial charge in [-0.1, -0.05) is 18.2 Å². The second-order valence-electron chi connectivity index (χ2n) is 4.18. The smallest absolute Gasteiger partial charge is 0.267 e. The van der Waals surface area contributed by atoms with Gasteiger partial charge in [0.15, 0.2) is 11.2 Å². The van der Waals surface area contributed by atoms with Crippen LogP contribution in [0.5, 0.6) is 5.75 Å². The van der Waals surface area contributed by atoms with Crippen molar-refractivity contribution in [3.8, 4) is 5.75 Å². The van der Waals surface area contributed by atoms with E-state index in [-0.39, 0.29) is 5.91 Å². The van der Waals surface area contributed by atoms with Crippen molar-refractivity contribution < 1.29 is 9.53 Å². The minimum absolute atomic E-state index is 0.138. The van der Waals surface area contributed by atoms with Crippen LogP contribution in [0.25, 0.3) is 0 Å². The number of rotatable bonds is 2. The van der Waals surface area contributed by atoms with Crippen molar-refractivity contribution in [3.63, 3.8) is 0 Å². The highest BCUT2D eigenvalue weighted by molar-refractivity contribution is 7.15. The van der Waals surface area contributed by atoms with Gasteiger partial charge >= 0.3 is 0 Å². The number of nitrogens with zero attached hydrogens (tertiary/aromatic N) is 1. The normalized spacial score (nSPS) is 17.1. The van der Waals surface area contributed by atoms with Crippen molar-refractivity contribution in [3.05, 3.63) is 40.9 Å². The predicted molar refractivity (Wildman–Crippen MR) is 70.0 cm³/mol. The molecule has 3 rings (SSSR count). The third-order valence-corrected chi connectivity index (χ3v) is 3.62. The molecule has 0 unspecified atom stereocenters. The van der Waals surface area contributed by atoms with Crippen molar-refractivity contribution in [1.82, 2.24) is 4.98 Å². The van der Waals surface area contributed by atoms with E-state index in [4.69, 9.17) is 4.74 Å². The minimum atomic E-state index is -0.452. The summed E-state index contributed by atoms with van der Waals surface area (Å²) in [5, 5.41) is 3.41. The first-order valence-electron chi connectivity index (χ1n) is 5.70. The summed E-state index contributed by atoms with van der Waals surface area (Å²) in [6.07, 6.45) is 1.91. The van der Waals surface area contributed by atoms with Crippen LogP contribution in [0, 0.1) is 6.92 Å². The Balaban J connectivity index is 1.69. The molecule has 0 aliphatic carbocycles. The van der Waals surface area contributed by atoms with Crippen LogP contribution in [0.4, 0.5) is 5.13 Å². The molecule has 0 bridgehead atoms. The second kappa shape index (κ2) is 4.42. The molecule has 5 heteroatoms. The third-order valence-electron chi connectivity index (χ3n) is 2.79. The number of aromatic nitrogens is 1. The molecule has 0 radical (unpaired) electrons. The van der Waals surface area contributed by atoms with Gasteiger partial charge in [-0.3, -0.25) is 10.1 Å². The number of carbonyl (C=O) groups is 1. The zero-order valence-corrected chi connectivity index (χ0v) is 10.7. The lowest BCUT2D eigenvalue weighted by molar-refractivity contribution is -0.122. The van der Waals surface area contributed by atoms with E-state index in [0.29, 0.717) is 11.6 Å². The molecule has 0 fully saturated rings. The number of fused-ring (bicyclic) bond motifs is 1. The molecule has 1 aliphatic rings. The fourth-order valence-corrected chi connectivity index (χ4v) is 2.59. The van der Waals surface area contributed by atoms with Gasteiger partial charge in [0, 0.05) is 17.5 Å². The number of benzene rings is 1. The fourth-order valence-electron chi connectivity index (χ4n) is 1.93. The molecule has 1 N–H and O–H groups in total. The fraction of sp³-hybridized carbons (Fsp3) is 0.231. The molecule has 1 amide bonds. The van der Waals surface area contributed by atoms with E-state index in [0.717, 1.165) is 16.2 Å². The van der Waals surface area contributed by atoms with Gasteiger partial charge in [-0.05, 0) is 18.6 Å². The zero-order chi connectivity index (χ0) is 12.5. The molecular formula is C13H12N2O2S. The molecule has 1 aliphatic heterocycles. The van der Waals surface area contributed by atoms with E-state index < -0.39 is 6.10 Å². The summed E-state index contributed by atoms with van der Waals surface area (Å²) >= 11 is 1.46. The molecular weight excluding hydrogens is 248 g/mol. The van der Waals surface area contributed by atoms with Crippen molar-refractivity contribution in [2.75, 3.05) is 5.32 Å². The molecule has 4 nitrogen and oxygen atoms in total. The number of ether oxygens (including phenoxy) is 1. The maximum absolute atomic E-state index is 12.0. The Morgan fingerprint density at radius 1 is 1.50 bits per heavy atom. The van der Waals surface area contributed by atoms with Crippen LogP contribution in [0.1, 0.15) is 10.4 Å². The minimum Gasteiger partial charge on any atom is -0.480 e. The van der Waals surface area contributed by atoms with Gasteiger partial charge in [-0.2, -0.15) is 0 Å². The average molecular weight is 260 g/mol. The first-order valence-corrected chi connectivity index (χ1v) is 6.52. The summed E-state index contributed by atoms with van der Waals surface area (Å²) in [6, 6.07) is 7.72. The topological polar surface area (TPSA) is 51.2 Å². The number of carbonyl (C=O) groups excluding carboxylic acids is 1. The molecule has 1 aromatic carbocycles. The van der Waals surface area contributed by atoms with E-state index in [1.165, 1.54) is 11.3 Å². The van der Waals surface area contributed by atoms with Crippen LogP contribution < -0.4 is 10.1 Å². The summed E-state index contributed by atoms with van der Waals surface area (Å²) < 4.78 is 5.61. The molecule has 0 spiro atoms. The number of thiazole rings is 1. The number of amides is 1. The van der Waals surface area contributed by atoms with Gasteiger partial charge in [0.25, 0.3) is 5.91 Å². The van der Waals surface area contributed by atoms with Gasteiger partial charge in [-0.25, -0.2) is 4.98 Å². The molecule has 2 aromatic rings. The Morgan fingerprint density at radius 3 is 3.06 bits per heavy atom. The summed E-state index contributed by atoms with van der Waals surface area (Å²) in [5.74, 6) is 0.661. The highest BCUT2D eigenvalue weighted by Gasteiger charge is 2.29. The number of hydrogen-bond donors (Lipinski definition) is 1. The van der Waals surface area contributed by atoms with Gasteiger partial charge in [0.05, 0.1) is 0 Å². The summed E-state index contributed by atoms with van der Waals surface area (Å²) in [4.78, 5) is 17.2. The largest absolute Gasteiger partial charge is 0.480 e. The van der Waals surface area contributed by atoms with Crippen molar-refractivity contribution in [2.24, 2.45) is 0 Å². The lowest BCUT2D eigenvalue weighted by Crippen LogP contribution is -2.31. The van der Waals surface area contributed by atoms with E-state index in [1.54, 1.807) is 6.20 Å². The van der Waals surface area contributed by atoms with Crippen LogP contribution in [0.2, 0.25) is 0 Å². The monoisotopic (exact) mass is 260 g/mol. The summed E-state index contributed by atoms with van der Waals surface area (Å²) in [7, 11) is 0. The van der Waals surface area contributed by atoms with Gasteiger partial charge in [0.2, 0.25) is 0 Å². The van der Waals surface area contributed by atoms with E-state index in [2.05, 4.69) is 10.3 Å². The number of anilines is 1. The van der Waals surface area contributed by atoms with Crippen LogP contribution >= 0.6 is 11.3 Å². The first-order chi connectivity index (χ1) is 8.72. The Kier molecular flexibility index (Phi) is 2.76. The molecule has 2 heterocycles. The van der Waals surface area contributed by atoms with Crippen LogP contribution in [-0.2, 0) is 11.2 Å². The zero-order valence-electron chi connectivity index (χ0n) is 9.84. The quantitative estimate of drug-likeness (QED) is 0.902. The van der Waals surface area contributed by atoms with E-state index in [1.807, 2.05) is 31.2 Å². The van der Waals surface area contributed by atoms with Crippen LogP contribution in [0.15, 0.2) is 30.5 Å². The Labute approximate surface area is 109 Å². The van der Waals surface area contributed by atoms with E-state index >= 15 is 0 Å². The Morgan fingerprint density at radius 2 is 2.33 bits per heavy atom. The summed E-state index contributed by atoms with van der Waals surface area (Å²) in [5.41, 5.74) is 1.08. The van der Waals surface area contributed by atoms with Crippen molar-refractivity contribution in [2.45, 2.75) is 19.4 Å². The predicted octanol–water partition coefficient (Wildman–Crippen LogP) is 2.39. The second-order valence-corrected chi connectivity index (χ2v) is 5.42. The standard InChI is InChI=1S/C13H12N2O2S/c1-8-7-14-13(18-8)15-12(16)11-6-9-4-2-3-5-10(9)17-11/h2-5,7,11H,6H2,1H3,(H,14,15,16)/t11-/m1/s1. The maximum Gasteiger partial charge on any atom is 0.267 e. The molecule has 0 saturated carbocycles. The average Bonchev–Trinajstić information content (AvgIpc) is 2.95. The Hall–Kier alpha value is -1.88. The Bertz CT molecular complexity index is 569. The molecule has 92 valence electrons. The molecule has 0 saturated heterocycles. The lowest BCUT2D eigenvalue weighted by Gasteiger charge is -2.09. The number of aryl methyl sites for hydroxylation is 1. The van der Waals surface area contributed by atoms with E-state index in [9.17, 15) is 4.79 Å². The van der Waals surface area contributed by atoms with Gasteiger partial charge < -0.3 is 4.74 Å². The number of nitrogens with one attached hydrogen (secondary N) is 1.